The van der Waals surface area contributed by atoms with E-state index in [9.17, 15) is 4.79 Å². The third kappa shape index (κ3) is 4.23. The van der Waals surface area contributed by atoms with Gasteiger partial charge >= 0.3 is 0 Å². The number of carbonyl (C=O) groups excluding carboxylic acids is 1. The minimum absolute atomic E-state index is 0.181. The summed E-state index contributed by atoms with van der Waals surface area (Å²) in [5, 5.41) is 3.15. The molecule has 5 heteroatoms. The van der Waals surface area contributed by atoms with Crippen LogP contribution in [-0.2, 0) is 4.79 Å². The van der Waals surface area contributed by atoms with Crippen LogP contribution in [0, 0.1) is 0 Å². The summed E-state index contributed by atoms with van der Waals surface area (Å²) in [6.07, 6.45) is 4.16. The lowest BCUT2D eigenvalue weighted by atomic mass is 9.92. The van der Waals surface area contributed by atoms with Crippen LogP contribution >= 0.6 is 0 Å². The van der Waals surface area contributed by atoms with Gasteiger partial charge in [0.25, 0.3) is 0 Å². The molecule has 2 fully saturated rings. The Bertz CT molecular complexity index is 242. The lowest BCUT2D eigenvalue weighted by Gasteiger charge is -2.33. The highest BCUT2D eigenvalue weighted by atomic mass is 16.2. The summed E-state index contributed by atoms with van der Waals surface area (Å²) in [6.45, 7) is 4.67. The zero-order chi connectivity index (χ0) is 13.0. The summed E-state index contributed by atoms with van der Waals surface area (Å²) < 4.78 is 0. The molecule has 0 aromatic carbocycles. The van der Waals surface area contributed by atoms with Crippen LogP contribution in [0.4, 0.5) is 0 Å². The highest BCUT2D eigenvalue weighted by Crippen LogP contribution is 2.16. The number of hydrogen-bond donors (Lipinski definition) is 2. The highest BCUT2D eigenvalue weighted by molar-refractivity contribution is 5.78. The predicted molar refractivity (Wildman–Crippen MR) is 72.3 cm³/mol. The van der Waals surface area contributed by atoms with Gasteiger partial charge in [0, 0.05) is 38.3 Å². The Morgan fingerprint density at radius 2 is 1.78 bits per heavy atom. The molecule has 1 heterocycles. The molecule has 0 spiro atoms. The Morgan fingerprint density at radius 3 is 2.39 bits per heavy atom. The van der Waals surface area contributed by atoms with Crippen molar-refractivity contribution in [3.05, 3.63) is 0 Å². The number of likely N-dealkylation sites (N-methyl/N-ethyl adjacent to an activating group) is 1. The van der Waals surface area contributed by atoms with Gasteiger partial charge in [-0.05, 0) is 32.7 Å². The third-order valence-corrected chi connectivity index (χ3v) is 4.10. The zero-order valence-electron chi connectivity index (χ0n) is 11.4. The second kappa shape index (κ2) is 6.50. The third-order valence-electron chi connectivity index (χ3n) is 4.10. The molecule has 2 rings (SSSR count). The Morgan fingerprint density at radius 1 is 1.17 bits per heavy atom. The molecule has 0 aromatic rings. The van der Waals surface area contributed by atoms with E-state index in [1.807, 2.05) is 0 Å². The number of nitrogens with zero attached hydrogens (tertiary/aromatic N) is 2. The molecular weight excluding hydrogens is 228 g/mol. The quantitative estimate of drug-likeness (QED) is 0.721. The SMILES string of the molecule is CN1CCN(CC(=O)NC2CCC(N)CC2)CC1. The number of amides is 1. The van der Waals surface area contributed by atoms with Gasteiger partial charge in [-0.2, -0.15) is 0 Å². The van der Waals surface area contributed by atoms with Crippen molar-refractivity contribution in [1.82, 2.24) is 15.1 Å². The Labute approximate surface area is 110 Å². The topological polar surface area (TPSA) is 61.6 Å². The van der Waals surface area contributed by atoms with Crippen molar-refractivity contribution in [3.63, 3.8) is 0 Å². The van der Waals surface area contributed by atoms with Gasteiger partial charge in [-0.25, -0.2) is 0 Å². The van der Waals surface area contributed by atoms with Gasteiger partial charge in [-0.1, -0.05) is 0 Å². The summed E-state index contributed by atoms with van der Waals surface area (Å²) in [4.78, 5) is 16.5. The molecule has 2 aliphatic rings. The van der Waals surface area contributed by atoms with E-state index in [-0.39, 0.29) is 5.91 Å². The van der Waals surface area contributed by atoms with Crippen LogP contribution in [0.2, 0.25) is 0 Å². The normalized spacial score (nSPS) is 31.2. The maximum absolute atomic E-state index is 11.9. The molecule has 0 aromatic heterocycles. The van der Waals surface area contributed by atoms with Crippen molar-refractivity contribution >= 4 is 5.91 Å². The zero-order valence-corrected chi connectivity index (χ0v) is 11.4. The fourth-order valence-electron chi connectivity index (χ4n) is 2.75. The van der Waals surface area contributed by atoms with Crippen molar-refractivity contribution in [2.75, 3.05) is 39.8 Å². The molecule has 0 bridgehead atoms. The van der Waals surface area contributed by atoms with Crippen molar-refractivity contribution in [3.8, 4) is 0 Å². The van der Waals surface area contributed by atoms with Gasteiger partial charge in [0.15, 0.2) is 0 Å². The molecule has 1 saturated carbocycles. The number of carbonyl (C=O) groups is 1. The second-order valence-corrected chi connectivity index (χ2v) is 5.76. The molecule has 1 aliphatic heterocycles. The monoisotopic (exact) mass is 254 g/mol. The molecule has 1 amide bonds. The van der Waals surface area contributed by atoms with E-state index in [2.05, 4.69) is 22.2 Å². The molecule has 5 nitrogen and oxygen atoms in total. The number of hydrogen-bond acceptors (Lipinski definition) is 4. The molecule has 0 radical (unpaired) electrons. The van der Waals surface area contributed by atoms with Crippen LogP contribution in [0.1, 0.15) is 25.7 Å². The minimum atomic E-state index is 0.181. The van der Waals surface area contributed by atoms with E-state index in [4.69, 9.17) is 5.73 Å². The Kier molecular flexibility index (Phi) is 4.97. The van der Waals surface area contributed by atoms with Crippen LogP contribution in [0.25, 0.3) is 0 Å². The van der Waals surface area contributed by atoms with Gasteiger partial charge in [0.05, 0.1) is 6.54 Å². The first-order chi connectivity index (χ1) is 8.63. The average molecular weight is 254 g/mol. The number of piperazine rings is 1. The largest absolute Gasteiger partial charge is 0.352 e. The standard InChI is InChI=1S/C13H26N4O/c1-16-6-8-17(9-7-16)10-13(18)15-12-4-2-11(14)3-5-12/h11-12H,2-10,14H2,1H3,(H,15,18). The minimum Gasteiger partial charge on any atom is -0.352 e. The molecule has 1 aliphatic carbocycles. The first-order valence-corrected chi connectivity index (χ1v) is 7.09. The van der Waals surface area contributed by atoms with Gasteiger partial charge < -0.3 is 16.0 Å². The van der Waals surface area contributed by atoms with E-state index in [1.54, 1.807) is 0 Å². The van der Waals surface area contributed by atoms with Crippen molar-refractivity contribution < 1.29 is 4.79 Å². The van der Waals surface area contributed by atoms with Crippen LogP contribution in [0.15, 0.2) is 0 Å². The van der Waals surface area contributed by atoms with Gasteiger partial charge in [-0.15, -0.1) is 0 Å². The first-order valence-electron chi connectivity index (χ1n) is 7.09. The second-order valence-electron chi connectivity index (χ2n) is 5.76. The Balaban J connectivity index is 1.66. The molecule has 0 unspecified atom stereocenters. The van der Waals surface area contributed by atoms with E-state index in [0.717, 1.165) is 51.9 Å². The molecule has 3 N–H and O–H groups in total. The molecule has 0 atom stereocenters. The van der Waals surface area contributed by atoms with Crippen LogP contribution in [0.5, 0.6) is 0 Å². The molecule has 104 valence electrons. The van der Waals surface area contributed by atoms with Crippen molar-refractivity contribution in [2.24, 2.45) is 5.73 Å². The maximum atomic E-state index is 11.9. The summed E-state index contributed by atoms with van der Waals surface area (Å²) in [6, 6.07) is 0.695. The molecule has 1 saturated heterocycles. The summed E-state index contributed by atoms with van der Waals surface area (Å²) >= 11 is 0. The maximum Gasteiger partial charge on any atom is 0.234 e. The summed E-state index contributed by atoms with van der Waals surface area (Å²) in [7, 11) is 2.13. The summed E-state index contributed by atoms with van der Waals surface area (Å²) in [5.41, 5.74) is 5.86. The van der Waals surface area contributed by atoms with E-state index in [1.165, 1.54) is 0 Å². The molecule has 18 heavy (non-hydrogen) atoms. The van der Waals surface area contributed by atoms with Gasteiger partial charge in [0.2, 0.25) is 5.91 Å². The van der Waals surface area contributed by atoms with Crippen LogP contribution in [-0.4, -0.2) is 67.6 Å². The number of nitrogens with two attached hydrogens (primary N) is 1. The number of nitrogens with one attached hydrogen (secondary N) is 1. The summed E-state index contributed by atoms with van der Waals surface area (Å²) in [5.74, 6) is 0.181. The average Bonchev–Trinajstić information content (AvgIpc) is 2.35. The van der Waals surface area contributed by atoms with Crippen LogP contribution < -0.4 is 11.1 Å². The van der Waals surface area contributed by atoms with Gasteiger partial charge in [0.1, 0.15) is 0 Å². The highest BCUT2D eigenvalue weighted by Gasteiger charge is 2.22. The number of rotatable bonds is 3. The fourth-order valence-corrected chi connectivity index (χ4v) is 2.75. The van der Waals surface area contributed by atoms with E-state index in [0.29, 0.717) is 18.6 Å². The van der Waals surface area contributed by atoms with Crippen molar-refractivity contribution in [1.29, 1.82) is 0 Å². The smallest absolute Gasteiger partial charge is 0.234 e. The Hall–Kier alpha value is -0.650. The van der Waals surface area contributed by atoms with E-state index < -0.39 is 0 Å². The predicted octanol–water partition coefficient (Wildman–Crippen LogP) is -0.380. The lowest BCUT2D eigenvalue weighted by molar-refractivity contribution is -0.123. The van der Waals surface area contributed by atoms with Gasteiger partial charge in [-0.3, -0.25) is 9.69 Å². The van der Waals surface area contributed by atoms with E-state index >= 15 is 0 Å². The molecular formula is C13H26N4O. The van der Waals surface area contributed by atoms with Crippen LogP contribution in [0.3, 0.4) is 0 Å². The fraction of sp³-hybridized carbons (Fsp3) is 0.923. The van der Waals surface area contributed by atoms with Crippen molar-refractivity contribution in [2.45, 2.75) is 37.8 Å². The lowest BCUT2D eigenvalue weighted by Crippen LogP contribution is -2.50. The first kappa shape index (κ1) is 13.8.